The largest absolute Gasteiger partial charge is 0.314 e. The highest BCUT2D eigenvalue weighted by molar-refractivity contribution is 7.14. The fourth-order valence-corrected chi connectivity index (χ4v) is 3.72. The quantitative estimate of drug-likeness (QED) is 0.905. The van der Waals surface area contributed by atoms with E-state index in [4.69, 9.17) is 4.98 Å². The van der Waals surface area contributed by atoms with Gasteiger partial charge in [-0.25, -0.2) is 4.98 Å². The molecule has 3 rings (SSSR count). The molecule has 3 heterocycles. The van der Waals surface area contributed by atoms with Gasteiger partial charge in [-0.05, 0) is 30.8 Å². The summed E-state index contributed by atoms with van der Waals surface area (Å²) in [4.78, 5) is 5.98. The first kappa shape index (κ1) is 10.4. The van der Waals surface area contributed by atoms with Gasteiger partial charge in [-0.3, -0.25) is 0 Å². The lowest BCUT2D eigenvalue weighted by molar-refractivity contribution is 0.601. The Bertz CT molecular complexity index is 441. The van der Waals surface area contributed by atoms with Gasteiger partial charge in [-0.2, -0.15) is 0 Å². The van der Waals surface area contributed by atoms with Gasteiger partial charge in [0.25, 0.3) is 0 Å². The van der Waals surface area contributed by atoms with Crippen LogP contribution in [-0.4, -0.2) is 17.6 Å². The van der Waals surface area contributed by atoms with Crippen LogP contribution in [0.5, 0.6) is 0 Å². The zero-order valence-electron chi connectivity index (χ0n) is 8.98. The predicted octanol–water partition coefficient (Wildman–Crippen LogP) is 3.17. The number of aromatic nitrogens is 1. The molecule has 84 valence electrons. The Morgan fingerprint density at radius 1 is 1.44 bits per heavy atom. The number of hydrogen-bond acceptors (Lipinski definition) is 4. The number of nitrogens with zero attached hydrogens (tertiary/aromatic N) is 1. The fraction of sp³-hybridized carbons (Fsp3) is 0.417. The van der Waals surface area contributed by atoms with Gasteiger partial charge >= 0.3 is 0 Å². The Morgan fingerprint density at radius 3 is 3.19 bits per heavy atom. The van der Waals surface area contributed by atoms with Crippen molar-refractivity contribution in [3.8, 4) is 10.6 Å². The van der Waals surface area contributed by atoms with Crippen LogP contribution >= 0.6 is 22.7 Å². The highest BCUT2D eigenvalue weighted by atomic mass is 32.1. The Kier molecular flexibility index (Phi) is 3.04. The molecule has 1 N–H and O–H groups in total. The average Bonchev–Trinajstić information content (AvgIpc) is 2.99. The molecule has 2 aromatic heterocycles. The average molecular weight is 250 g/mol. The van der Waals surface area contributed by atoms with E-state index in [1.54, 1.807) is 22.7 Å². The van der Waals surface area contributed by atoms with Gasteiger partial charge < -0.3 is 5.32 Å². The minimum atomic E-state index is 0.655. The van der Waals surface area contributed by atoms with Gasteiger partial charge in [0.1, 0.15) is 0 Å². The molecule has 16 heavy (non-hydrogen) atoms. The van der Waals surface area contributed by atoms with Crippen molar-refractivity contribution in [2.24, 2.45) is 0 Å². The van der Waals surface area contributed by atoms with Crippen LogP contribution in [0.25, 0.3) is 10.6 Å². The van der Waals surface area contributed by atoms with Crippen LogP contribution in [0.1, 0.15) is 17.8 Å². The van der Waals surface area contributed by atoms with Gasteiger partial charge in [-0.1, -0.05) is 6.07 Å². The van der Waals surface area contributed by atoms with Gasteiger partial charge in [0.15, 0.2) is 0 Å². The fourth-order valence-electron chi connectivity index (χ4n) is 2.08. The zero-order chi connectivity index (χ0) is 10.8. The van der Waals surface area contributed by atoms with Crippen molar-refractivity contribution in [2.45, 2.75) is 25.3 Å². The number of hydrogen-bond donors (Lipinski definition) is 1. The molecule has 2 nitrogen and oxygen atoms in total. The van der Waals surface area contributed by atoms with Crippen LogP contribution in [0.4, 0.5) is 0 Å². The Balaban J connectivity index is 1.72. The maximum Gasteiger partial charge on any atom is 0.0948 e. The summed E-state index contributed by atoms with van der Waals surface area (Å²) in [5, 5.41) is 9.07. The van der Waals surface area contributed by atoms with Crippen molar-refractivity contribution < 1.29 is 0 Å². The van der Waals surface area contributed by atoms with E-state index < -0.39 is 0 Å². The molecular weight excluding hydrogens is 236 g/mol. The molecule has 0 bridgehead atoms. The van der Waals surface area contributed by atoms with Crippen LogP contribution in [0, 0.1) is 0 Å². The van der Waals surface area contributed by atoms with Crippen molar-refractivity contribution in [3.63, 3.8) is 0 Å². The van der Waals surface area contributed by atoms with E-state index in [0.29, 0.717) is 6.04 Å². The van der Waals surface area contributed by atoms with Crippen LogP contribution in [0.3, 0.4) is 0 Å². The normalized spacial score (nSPS) is 20.4. The molecule has 1 unspecified atom stereocenters. The lowest BCUT2D eigenvalue weighted by Crippen LogP contribution is -2.23. The highest BCUT2D eigenvalue weighted by Gasteiger charge is 2.16. The summed E-state index contributed by atoms with van der Waals surface area (Å²) in [7, 11) is 0. The summed E-state index contributed by atoms with van der Waals surface area (Å²) in [5.74, 6) is 0. The van der Waals surface area contributed by atoms with Crippen LogP contribution in [-0.2, 0) is 6.42 Å². The smallest absolute Gasteiger partial charge is 0.0948 e. The summed E-state index contributed by atoms with van der Waals surface area (Å²) < 4.78 is 0. The summed E-state index contributed by atoms with van der Waals surface area (Å²) in [6.45, 7) is 1.17. The van der Waals surface area contributed by atoms with E-state index in [-0.39, 0.29) is 0 Å². The second-order valence-electron chi connectivity index (χ2n) is 4.10. The molecule has 0 spiro atoms. The highest BCUT2D eigenvalue weighted by Crippen LogP contribution is 2.27. The minimum absolute atomic E-state index is 0.655. The molecule has 0 amide bonds. The molecule has 2 aromatic rings. The second kappa shape index (κ2) is 4.65. The molecule has 0 aromatic carbocycles. The predicted molar refractivity (Wildman–Crippen MR) is 70.2 cm³/mol. The molecule has 4 heteroatoms. The molecule has 1 atom stereocenters. The monoisotopic (exact) mass is 250 g/mol. The minimum Gasteiger partial charge on any atom is -0.314 e. The van der Waals surface area contributed by atoms with E-state index in [9.17, 15) is 0 Å². The van der Waals surface area contributed by atoms with Crippen LogP contribution in [0.15, 0.2) is 22.9 Å². The first-order chi connectivity index (χ1) is 7.92. The molecular formula is C12H14N2S2. The standard InChI is InChI=1S/C12H14N2S2/c1-3-9(13-5-1)7-12-14-10(8-16-12)11-4-2-6-15-11/h2,4,6,8-9,13H,1,3,5,7H2. The van der Waals surface area contributed by atoms with Crippen molar-refractivity contribution in [1.29, 1.82) is 0 Å². The van der Waals surface area contributed by atoms with Crippen molar-refractivity contribution in [2.75, 3.05) is 6.54 Å². The van der Waals surface area contributed by atoms with E-state index in [1.807, 2.05) is 0 Å². The molecule has 0 aliphatic carbocycles. The van der Waals surface area contributed by atoms with Crippen LogP contribution in [0.2, 0.25) is 0 Å². The van der Waals surface area contributed by atoms with Gasteiger partial charge in [0.05, 0.1) is 15.6 Å². The number of rotatable bonds is 3. The lowest BCUT2D eigenvalue weighted by Gasteiger charge is -2.06. The van der Waals surface area contributed by atoms with Gasteiger partial charge in [-0.15, -0.1) is 22.7 Å². The third-order valence-electron chi connectivity index (χ3n) is 2.91. The lowest BCUT2D eigenvalue weighted by atomic mass is 10.2. The number of nitrogens with one attached hydrogen (secondary N) is 1. The molecule has 0 saturated carbocycles. The summed E-state index contributed by atoms with van der Waals surface area (Å²) in [6.07, 6.45) is 3.71. The molecule has 1 saturated heterocycles. The van der Waals surface area contributed by atoms with E-state index in [0.717, 1.165) is 12.1 Å². The molecule has 1 fully saturated rings. The zero-order valence-corrected chi connectivity index (χ0v) is 10.6. The Hall–Kier alpha value is -0.710. The van der Waals surface area contributed by atoms with Crippen molar-refractivity contribution >= 4 is 22.7 Å². The van der Waals surface area contributed by atoms with Crippen molar-refractivity contribution in [1.82, 2.24) is 10.3 Å². The second-order valence-corrected chi connectivity index (χ2v) is 5.99. The third-order valence-corrected chi connectivity index (χ3v) is 4.67. The van der Waals surface area contributed by atoms with E-state index >= 15 is 0 Å². The maximum atomic E-state index is 4.71. The first-order valence-electron chi connectivity index (χ1n) is 5.63. The topological polar surface area (TPSA) is 24.9 Å². The Labute approximate surface area is 103 Å². The van der Waals surface area contributed by atoms with Gasteiger partial charge in [0.2, 0.25) is 0 Å². The maximum absolute atomic E-state index is 4.71. The SMILES string of the molecule is c1csc(-c2csc(CC3CCCN3)n2)c1. The van der Waals surface area contributed by atoms with Crippen molar-refractivity contribution in [3.05, 3.63) is 27.9 Å². The first-order valence-corrected chi connectivity index (χ1v) is 7.39. The molecule has 1 aliphatic rings. The van der Waals surface area contributed by atoms with E-state index in [2.05, 4.69) is 28.2 Å². The number of thiazole rings is 1. The number of thiophene rings is 1. The summed E-state index contributed by atoms with van der Waals surface area (Å²) >= 11 is 3.55. The third kappa shape index (κ3) is 2.19. The summed E-state index contributed by atoms with van der Waals surface area (Å²) in [6, 6.07) is 4.87. The molecule has 0 radical (unpaired) electrons. The van der Waals surface area contributed by atoms with Crippen LogP contribution < -0.4 is 5.32 Å². The molecule has 1 aliphatic heterocycles. The van der Waals surface area contributed by atoms with Gasteiger partial charge in [0, 0.05) is 17.8 Å². The Morgan fingerprint density at radius 2 is 2.44 bits per heavy atom. The summed E-state index contributed by atoms with van der Waals surface area (Å²) in [5.41, 5.74) is 1.15. The van der Waals surface area contributed by atoms with E-state index in [1.165, 1.54) is 29.3 Å².